The lowest BCUT2D eigenvalue weighted by molar-refractivity contribution is 0.0212. The predicted molar refractivity (Wildman–Crippen MR) is 287 cm³/mol. The summed E-state index contributed by atoms with van der Waals surface area (Å²) in [6.45, 7) is 25.2. The molecule has 11 heteroatoms. The number of anilines is 2. The SMILES string of the molecule is C=Cc1nn(C(C(=C)N2CCC[C@H]2C=C)C(C)C)cc1-c1ccc(CCc2c(-c3c(C)ccc4[nH]ncc34)c(C3CC3)cc3c(N4C[C@@H]5C[C@H]4CN5)nc(CC4CC5(CCNCC5)C4)nc23)cc1NC. The molecule has 4 N–H and O–H groups in total. The summed E-state index contributed by atoms with van der Waals surface area (Å²) in [7, 11) is 2.04. The van der Waals surface area contributed by atoms with E-state index in [4.69, 9.17) is 15.1 Å². The highest BCUT2D eigenvalue weighted by atomic mass is 15.3. The number of rotatable bonds is 16. The third kappa shape index (κ3) is 7.95. The first kappa shape index (κ1) is 45.4. The van der Waals surface area contributed by atoms with Crippen LogP contribution in [0.4, 0.5) is 11.5 Å². The maximum Gasteiger partial charge on any atom is 0.140 e. The van der Waals surface area contributed by atoms with Crippen molar-refractivity contribution in [1.82, 2.24) is 45.5 Å². The van der Waals surface area contributed by atoms with Crippen LogP contribution in [0.1, 0.15) is 117 Å². The minimum absolute atomic E-state index is 0.0131. The Bertz CT molecular complexity index is 2990. The Hall–Kier alpha value is -5.78. The third-order valence-corrected chi connectivity index (χ3v) is 17.6. The quantitative estimate of drug-likeness (QED) is 0.0704. The largest absolute Gasteiger partial charge is 0.388 e. The van der Waals surface area contributed by atoms with Gasteiger partial charge in [-0.05, 0) is 171 Å². The van der Waals surface area contributed by atoms with Crippen molar-refractivity contribution in [1.29, 1.82) is 0 Å². The smallest absolute Gasteiger partial charge is 0.140 e. The van der Waals surface area contributed by atoms with Crippen molar-refractivity contribution in [2.45, 2.75) is 128 Å². The van der Waals surface area contributed by atoms with Crippen LogP contribution >= 0.6 is 0 Å². The van der Waals surface area contributed by atoms with E-state index in [9.17, 15) is 0 Å². The van der Waals surface area contributed by atoms with Gasteiger partial charge in [0.2, 0.25) is 0 Å². The number of hydrogen-bond acceptors (Lipinski definition) is 9. The van der Waals surface area contributed by atoms with E-state index in [1.807, 2.05) is 19.3 Å². The van der Waals surface area contributed by atoms with Crippen molar-refractivity contribution in [3.05, 3.63) is 114 Å². The van der Waals surface area contributed by atoms with Gasteiger partial charge in [-0.3, -0.25) is 9.78 Å². The van der Waals surface area contributed by atoms with Crippen LogP contribution in [0.15, 0.2) is 80.3 Å². The van der Waals surface area contributed by atoms with Gasteiger partial charge in [-0.25, -0.2) is 9.97 Å². The lowest BCUT2D eigenvalue weighted by Gasteiger charge is -2.50. The monoisotopic (exact) mass is 936 g/mol. The molecule has 6 aromatic rings. The summed E-state index contributed by atoms with van der Waals surface area (Å²) in [6.07, 6.45) is 21.9. The highest BCUT2D eigenvalue weighted by molar-refractivity contribution is 6.04. The fourth-order valence-electron chi connectivity index (χ4n) is 13.9. The number of nitrogens with one attached hydrogen (secondary N) is 4. The maximum atomic E-state index is 5.79. The van der Waals surface area contributed by atoms with Crippen LogP contribution in [0, 0.1) is 24.2 Å². The molecule has 3 aromatic heterocycles. The first-order valence-corrected chi connectivity index (χ1v) is 26.7. The van der Waals surface area contributed by atoms with Gasteiger partial charge in [0, 0.05) is 90.7 Å². The molecule has 2 aliphatic carbocycles. The molecule has 12 rings (SSSR count). The van der Waals surface area contributed by atoms with Gasteiger partial charge in [0.15, 0.2) is 0 Å². The lowest BCUT2D eigenvalue weighted by Crippen LogP contribution is -2.46. The molecule has 2 bridgehead atoms. The second-order valence-corrected chi connectivity index (χ2v) is 22.5. The summed E-state index contributed by atoms with van der Waals surface area (Å²) >= 11 is 0. The summed E-state index contributed by atoms with van der Waals surface area (Å²) in [5.74, 6) is 3.64. The number of aryl methyl sites for hydroxylation is 3. The first-order chi connectivity index (χ1) is 34.1. The van der Waals surface area contributed by atoms with Gasteiger partial charge in [0.05, 0.1) is 29.0 Å². The maximum absolute atomic E-state index is 5.79. The van der Waals surface area contributed by atoms with Crippen LogP contribution in [0.3, 0.4) is 0 Å². The minimum Gasteiger partial charge on any atom is -0.388 e. The third-order valence-electron chi connectivity index (χ3n) is 17.6. The molecule has 4 aliphatic heterocycles. The number of allylic oxidation sites excluding steroid dienone is 1. The lowest BCUT2D eigenvalue weighted by atomic mass is 9.57. The summed E-state index contributed by atoms with van der Waals surface area (Å²) in [4.78, 5) is 16.5. The normalized spacial score (nSPS) is 22.4. The van der Waals surface area contributed by atoms with Crippen molar-refractivity contribution < 1.29 is 0 Å². The number of H-pyrrole nitrogens is 1. The average molecular weight is 936 g/mol. The van der Waals surface area contributed by atoms with E-state index in [0.717, 1.165) is 110 Å². The van der Waals surface area contributed by atoms with E-state index in [2.05, 4.69) is 130 Å². The molecule has 0 amide bonds. The van der Waals surface area contributed by atoms with Crippen molar-refractivity contribution in [2.75, 3.05) is 50.0 Å². The second kappa shape index (κ2) is 18.1. The second-order valence-electron chi connectivity index (χ2n) is 22.5. The van der Waals surface area contributed by atoms with Crippen LogP contribution in [0.5, 0.6) is 0 Å². The molecule has 7 heterocycles. The van der Waals surface area contributed by atoms with Gasteiger partial charge in [0.1, 0.15) is 11.6 Å². The van der Waals surface area contributed by atoms with Crippen molar-refractivity contribution in [2.24, 2.45) is 17.3 Å². The van der Waals surface area contributed by atoms with E-state index in [1.165, 1.54) is 94.9 Å². The van der Waals surface area contributed by atoms with Gasteiger partial charge >= 0.3 is 0 Å². The van der Waals surface area contributed by atoms with Crippen LogP contribution < -0.4 is 20.9 Å². The van der Waals surface area contributed by atoms with Gasteiger partial charge in [-0.1, -0.05) is 51.3 Å². The van der Waals surface area contributed by atoms with Gasteiger partial charge in [0.25, 0.3) is 0 Å². The zero-order valence-electron chi connectivity index (χ0n) is 42.1. The molecule has 11 nitrogen and oxygen atoms in total. The average Bonchev–Trinajstić information content (AvgIpc) is 3.89. The molecule has 6 aliphatic rings. The molecule has 6 fully saturated rings. The molecule has 1 unspecified atom stereocenters. The predicted octanol–water partition coefficient (Wildman–Crippen LogP) is 10.9. The van der Waals surface area contributed by atoms with Crippen molar-refractivity contribution >= 4 is 39.4 Å². The number of aromatic amines is 1. The molecular formula is C59H73N11. The fraction of sp³-hybridized carbons (Fsp3) is 0.492. The number of piperidine rings is 1. The van der Waals surface area contributed by atoms with Crippen molar-refractivity contribution in [3.8, 4) is 22.3 Å². The Morgan fingerprint density at radius 2 is 1.83 bits per heavy atom. The number of likely N-dealkylation sites (tertiary alicyclic amines) is 1. The van der Waals surface area contributed by atoms with Crippen LogP contribution in [0.2, 0.25) is 0 Å². The molecular weight excluding hydrogens is 863 g/mol. The summed E-state index contributed by atoms with van der Waals surface area (Å²) < 4.78 is 2.14. The standard InChI is InChI=1S/C59H73N11/c1-8-42-11-10-24-68(42)37(6)57(35(3)4)70-34-49(50(9-2)67-70)44-17-13-38(25-52(44)60-7)14-18-45-55(54-36(5)12-19-51-48(54)32-63-66-51)46(40-15-16-40)28-47-56(45)64-53(26-39-29-59(30-39)20-22-61-23-21-59)65-58(47)69-33-41-27-43(69)31-62-41/h8-9,12-13,17,19,25,28,32,34-35,39-43,57,60-62H,1-2,6,10-11,14-16,18,20-24,26-27,29-31,33H2,3-5,7H3,(H,63,66)/t41-,42+,43-,57?/m0/s1. The molecule has 1 spiro atoms. The Morgan fingerprint density at radius 3 is 2.56 bits per heavy atom. The summed E-state index contributed by atoms with van der Waals surface area (Å²) in [5, 5.41) is 26.5. The first-order valence-electron chi connectivity index (χ1n) is 26.7. The van der Waals surface area contributed by atoms with Crippen LogP contribution in [-0.2, 0) is 19.3 Å². The van der Waals surface area contributed by atoms with Crippen molar-refractivity contribution in [3.63, 3.8) is 0 Å². The highest BCUT2D eigenvalue weighted by Gasteiger charge is 2.45. The van der Waals surface area contributed by atoms with E-state index in [-0.39, 0.29) is 6.04 Å². The molecule has 0 radical (unpaired) electrons. The molecule has 70 heavy (non-hydrogen) atoms. The number of nitrogens with zero attached hydrogens (tertiary/aromatic N) is 7. The number of piperazine rings is 1. The molecule has 3 aromatic carbocycles. The molecule has 4 saturated heterocycles. The highest BCUT2D eigenvalue weighted by Crippen LogP contribution is 2.54. The number of hydrogen-bond donors (Lipinski definition) is 4. The topological polar surface area (TPSA) is 115 Å². The molecule has 364 valence electrons. The number of benzene rings is 3. The Kier molecular flexibility index (Phi) is 11.7. The summed E-state index contributed by atoms with van der Waals surface area (Å²) in [5.41, 5.74) is 16.0. The van der Waals surface area contributed by atoms with E-state index < -0.39 is 0 Å². The molecule has 4 atom stereocenters. The van der Waals surface area contributed by atoms with Gasteiger partial charge in [-0.15, -0.1) is 6.58 Å². The minimum atomic E-state index is 0.0131. The zero-order valence-corrected chi connectivity index (χ0v) is 42.1. The van der Waals surface area contributed by atoms with E-state index in [0.29, 0.717) is 41.3 Å². The Labute approximate surface area is 414 Å². The van der Waals surface area contributed by atoms with Gasteiger partial charge < -0.3 is 25.8 Å². The molecule has 2 saturated carbocycles. The van der Waals surface area contributed by atoms with E-state index >= 15 is 0 Å². The number of fused-ring (bicyclic) bond motifs is 4. The van der Waals surface area contributed by atoms with Gasteiger partial charge in [-0.2, -0.15) is 10.2 Å². The Morgan fingerprint density at radius 1 is 0.986 bits per heavy atom. The summed E-state index contributed by atoms with van der Waals surface area (Å²) in [6, 6.07) is 15.3. The van der Waals surface area contributed by atoms with Crippen LogP contribution in [-0.4, -0.2) is 92.7 Å². The van der Waals surface area contributed by atoms with E-state index in [1.54, 1.807) is 0 Å². The Balaban J connectivity index is 0.954. The fourth-order valence-corrected chi connectivity index (χ4v) is 13.9. The zero-order chi connectivity index (χ0) is 47.8. The number of aromatic nitrogens is 6. The van der Waals surface area contributed by atoms with Crippen LogP contribution in [0.25, 0.3) is 50.1 Å².